The Morgan fingerprint density at radius 1 is 1.33 bits per heavy atom. The first-order valence-electron chi connectivity index (χ1n) is 6.95. The molecule has 3 rings (SSSR count). The van der Waals surface area contributed by atoms with Crippen LogP contribution in [0.15, 0.2) is 28.7 Å². The zero-order valence-electron chi connectivity index (χ0n) is 12.1. The third-order valence-electron chi connectivity index (χ3n) is 3.55. The van der Waals surface area contributed by atoms with Gasteiger partial charge in [-0.2, -0.15) is 5.26 Å². The van der Waals surface area contributed by atoms with E-state index < -0.39 is 0 Å². The molecule has 2 heterocycles. The molecule has 2 N–H and O–H groups in total. The van der Waals surface area contributed by atoms with Gasteiger partial charge in [-0.05, 0) is 37.1 Å². The van der Waals surface area contributed by atoms with Crippen molar-refractivity contribution in [2.75, 3.05) is 5.73 Å². The minimum atomic E-state index is 0.574. The fraction of sp³-hybridized carbons (Fsp3) is 0.235. The zero-order chi connectivity index (χ0) is 15.0. The Balaban J connectivity index is 2.19. The topological polar surface area (TPSA) is 63.0 Å². The maximum atomic E-state index is 9.20. The van der Waals surface area contributed by atoms with Gasteiger partial charge in [-0.25, -0.2) is 0 Å². The SMILES string of the molecule is CCCc1c(-c2cc3cc(C)ccc3o2)sc(C#N)c1N. The molecule has 3 nitrogen and oxygen atoms in total. The quantitative estimate of drug-likeness (QED) is 0.749. The average molecular weight is 296 g/mol. The van der Waals surface area contributed by atoms with Crippen LogP contribution in [-0.2, 0) is 6.42 Å². The smallest absolute Gasteiger partial charge is 0.145 e. The summed E-state index contributed by atoms with van der Waals surface area (Å²) in [5.74, 6) is 0.803. The van der Waals surface area contributed by atoms with E-state index in [1.807, 2.05) is 18.2 Å². The van der Waals surface area contributed by atoms with Gasteiger partial charge in [0, 0.05) is 5.39 Å². The Labute approximate surface area is 127 Å². The van der Waals surface area contributed by atoms with Gasteiger partial charge in [-0.1, -0.05) is 25.0 Å². The second-order valence-corrected chi connectivity index (χ2v) is 6.19. The summed E-state index contributed by atoms with van der Waals surface area (Å²) in [6.07, 6.45) is 1.84. The first kappa shape index (κ1) is 13.7. The maximum Gasteiger partial charge on any atom is 0.145 e. The summed E-state index contributed by atoms with van der Waals surface area (Å²) in [5.41, 5.74) is 9.81. The van der Waals surface area contributed by atoms with E-state index in [-0.39, 0.29) is 0 Å². The van der Waals surface area contributed by atoms with Gasteiger partial charge in [0.1, 0.15) is 22.3 Å². The second kappa shape index (κ2) is 5.27. The number of nitrogens with zero attached hydrogens (tertiary/aromatic N) is 1. The molecule has 0 saturated carbocycles. The maximum absolute atomic E-state index is 9.20. The predicted octanol–water partition coefficient (Wildman–Crippen LogP) is 4.88. The standard InChI is InChI=1S/C17H16N2OS/c1-3-4-12-16(19)15(9-18)21-17(12)14-8-11-7-10(2)5-6-13(11)20-14/h5-8H,3-4,19H2,1-2H3. The average Bonchev–Trinajstić information content (AvgIpc) is 3.01. The van der Waals surface area contributed by atoms with Gasteiger partial charge in [0.05, 0.1) is 10.6 Å². The van der Waals surface area contributed by atoms with Gasteiger partial charge in [0.25, 0.3) is 0 Å². The molecular weight excluding hydrogens is 280 g/mol. The monoisotopic (exact) mass is 296 g/mol. The summed E-state index contributed by atoms with van der Waals surface area (Å²) in [6.45, 7) is 4.17. The van der Waals surface area contributed by atoms with E-state index in [2.05, 4.69) is 26.0 Å². The number of nitriles is 1. The molecule has 0 unspecified atom stereocenters. The summed E-state index contributed by atoms with van der Waals surface area (Å²) in [7, 11) is 0. The highest BCUT2D eigenvalue weighted by molar-refractivity contribution is 7.16. The van der Waals surface area contributed by atoms with Crippen LogP contribution in [0.25, 0.3) is 21.6 Å². The molecule has 3 aromatic rings. The molecule has 0 saturated heterocycles. The van der Waals surface area contributed by atoms with Gasteiger partial charge in [-0.15, -0.1) is 11.3 Å². The normalized spacial score (nSPS) is 10.9. The van der Waals surface area contributed by atoms with Crippen LogP contribution in [0.3, 0.4) is 0 Å². The fourth-order valence-corrected chi connectivity index (χ4v) is 3.55. The number of nitrogen functional groups attached to an aromatic ring is 1. The van der Waals surface area contributed by atoms with Crippen LogP contribution >= 0.6 is 11.3 Å². The van der Waals surface area contributed by atoms with Crippen molar-refractivity contribution < 1.29 is 4.42 Å². The van der Waals surface area contributed by atoms with E-state index in [1.54, 1.807) is 0 Å². The van der Waals surface area contributed by atoms with E-state index in [0.717, 1.165) is 40.0 Å². The Hall–Kier alpha value is -2.25. The van der Waals surface area contributed by atoms with E-state index >= 15 is 0 Å². The van der Waals surface area contributed by atoms with Crippen LogP contribution in [0, 0.1) is 18.3 Å². The summed E-state index contributed by atoms with van der Waals surface area (Å²) in [6, 6.07) is 10.3. The summed E-state index contributed by atoms with van der Waals surface area (Å²) in [4.78, 5) is 1.56. The summed E-state index contributed by atoms with van der Waals surface area (Å²) >= 11 is 1.42. The number of aryl methyl sites for hydroxylation is 1. The highest BCUT2D eigenvalue weighted by Crippen LogP contribution is 2.41. The van der Waals surface area contributed by atoms with Crippen molar-refractivity contribution in [3.8, 4) is 16.7 Å². The van der Waals surface area contributed by atoms with Crippen LogP contribution < -0.4 is 5.73 Å². The molecule has 0 bridgehead atoms. The van der Waals surface area contributed by atoms with Crippen molar-refractivity contribution in [2.45, 2.75) is 26.7 Å². The molecule has 4 heteroatoms. The number of hydrogen-bond donors (Lipinski definition) is 1. The van der Waals surface area contributed by atoms with Crippen molar-refractivity contribution in [1.82, 2.24) is 0 Å². The molecular formula is C17H16N2OS. The largest absolute Gasteiger partial charge is 0.455 e. The number of furan rings is 1. The van der Waals surface area contributed by atoms with Crippen molar-refractivity contribution in [3.05, 3.63) is 40.3 Å². The molecule has 21 heavy (non-hydrogen) atoms. The third kappa shape index (κ3) is 2.30. The number of hydrogen-bond acceptors (Lipinski definition) is 4. The van der Waals surface area contributed by atoms with Crippen molar-refractivity contribution >= 4 is 28.0 Å². The number of thiophene rings is 1. The molecule has 2 aromatic heterocycles. The fourth-order valence-electron chi connectivity index (χ4n) is 2.53. The van der Waals surface area contributed by atoms with Crippen LogP contribution in [0.5, 0.6) is 0 Å². The Bertz CT molecular complexity index is 852. The van der Waals surface area contributed by atoms with E-state index in [9.17, 15) is 5.26 Å². The van der Waals surface area contributed by atoms with Crippen molar-refractivity contribution in [3.63, 3.8) is 0 Å². The molecule has 0 radical (unpaired) electrons. The van der Waals surface area contributed by atoms with E-state index in [1.165, 1.54) is 16.9 Å². The molecule has 0 aliphatic carbocycles. The lowest BCUT2D eigenvalue weighted by atomic mass is 10.1. The first-order chi connectivity index (χ1) is 10.1. The lowest BCUT2D eigenvalue weighted by molar-refractivity contribution is 0.632. The highest BCUT2D eigenvalue weighted by atomic mass is 32.1. The minimum absolute atomic E-state index is 0.574. The molecule has 0 fully saturated rings. The number of anilines is 1. The molecule has 0 spiro atoms. The molecule has 1 aromatic carbocycles. The van der Waals surface area contributed by atoms with Crippen molar-refractivity contribution in [2.24, 2.45) is 0 Å². The lowest BCUT2D eigenvalue weighted by Gasteiger charge is -2.00. The molecule has 0 amide bonds. The lowest BCUT2D eigenvalue weighted by Crippen LogP contribution is -1.92. The number of rotatable bonds is 3. The van der Waals surface area contributed by atoms with Crippen LogP contribution in [0.1, 0.15) is 29.3 Å². The molecule has 0 aliphatic heterocycles. The van der Waals surface area contributed by atoms with Crippen LogP contribution in [0.4, 0.5) is 5.69 Å². The molecule has 0 atom stereocenters. The van der Waals surface area contributed by atoms with Gasteiger partial charge in [0.2, 0.25) is 0 Å². The van der Waals surface area contributed by atoms with Crippen LogP contribution in [-0.4, -0.2) is 0 Å². The van der Waals surface area contributed by atoms with E-state index in [4.69, 9.17) is 10.2 Å². The molecule has 106 valence electrons. The van der Waals surface area contributed by atoms with E-state index in [0.29, 0.717) is 10.6 Å². The zero-order valence-corrected chi connectivity index (χ0v) is 12.9. The second-order valence-electron chi connectivity index (χ2n) is 5.17. The Kier molecular flexibility index (Phi) is 3.44. The summed E-state index contributed by atoms with van der Waals surface area (Å²) in [5, 5.41) is 10.3. The predicted molar refractivity (Wildman–Crippen MR) is 87.4 cm³/mol. The minimum Gasteiger partial charge on any atom is -0.455 e. The van der Waals surface area contributed by atoms with Gasteiger partial charge >= 0.3 is 0 Å². The van der Waals surface area contributed by atoms with Crippen LogP contribution in [0.2, 0.25) is 0 Å². The highest BCUT2D eigenvalue weighted by Gasteiger charge is 2.19. The molecule has 0 aliphatic rings. The van der Waals surface area contributed by atoms with Gasteiger partial charge in [0.15, 0.2) is 0 Å². The third-order valence-corrected chi connectivity index (χ3v) is 4.71. The van der Waals surface area contributed by atoms with Gasteiger partial charge in [-0.3, -0.25) is 0 Å². The van der Waals surface area contributed by atoms with Crippen molar-refractivity contribution in [1.29, 1.82) is 5.26 Å². The Morgan fingerprint density at radius 2 is 2.14 bits per heavy atom. The first-order valence-corrected chi connectivity index (χ1v) is 7.77. The number of benzene rings is 1. The summed E-state index contributed by atoms with van der Waals surface area (Å²) < 4.78 is 5.95. The van der Waals surface area contributed by atoms with Gasteiger partial charge < -0.3 is 10.2 Å². The Morgan fingerprint density at radius 3 is 2.86 bits per heavy atom. The number of fused-ring (bicyclic) bond motifs is 1. The number of nitrogens with two attached hydrogens (primary N) is 1.